The third kappa shape index (κ3) is 4.43. The van der Waals surface area contributed by atoms with Gasteiger partial charge < -0.3 is 14.6 Å². The SMILES string of the molecule is CC(C)(C)c1ccc(NC(=O)N2CCN(Cc3cnc4ccccn34)CC2)cc1. The van der Waals surface area contributed by atoms with E-state index in [1.807, 2.05) is 47.6 Å². The summed E-state index contributed by atoms with van der Waals surface area (Å²) < 4.78 is 2.13. The van der Waals surface area contributed by atoms with Crippen LogP contribution in [0.4, 0.5) is 10.5 Å². The number of imidazole rings is 1. The Morgan fingerprint density at radius 3 is 2.45 bits per heavy atom. The molecular weight excluding hydrogens is 362 g/mol. The van der Waals surface area contributed by atoms with Crippen molar-refractivity contribution in [3.05, 3.63) is 66.1 Å². The average molecular weight is 392 g/mol. The number of amides is 2. The van der Waals surface area contributed by atoms with Crippen LogP contribution in [-0.4, -0.2) is 51.4 Å². The summed E-state index contributed by atoms with van der Waals surface area (Å²) in [4.78, 5) is 21.4. The summed E-state index contributed by atoms with van der Waals surface area (Å²) in [5.74, 6) is 0. The van der Waals surface area contributed by atoms with Crippen molar-refractivity contribution in [1.29, 1.82) is 0 Å². The number of hydrogen-bond acceptors (Lipinski definition) is 3. The maximum absolute atomic E-state index is 12.6. The number of pyridine rings is 1. The van der Waals surface area contributed by atoms with Gasteiger partial charge in [-0.15, -0.1) is 0 Å². The minimum atomic E-state index is -0.0250. The van der Waals surface area contributed by atoms with Gasteiger partial charge in [-0.05, 0) is 35.2 Å². The second-order valence-corrected chi connectivity index (χ2v) is 8.70. The number of carbonyl (C=O) groups is 1. The topological polar surface area (TPSA) is 52.9 Å². The van der Waals surface area contributed by atoms with Crippen molar-refractivity contribution in [2.45, 2.75) is 32.7 Å². The van der Waals surface area contributed by atoms with Gasteiger partial charge in [-0.1, -0.05) is 39.0 Å². The molecule has 2 aromatic heterocycles. The molecule has 0 unspecified atom stereocenters. The molecule has 2 amide bonds. The lowest BCUT2D eigenvalue weighted by atomic mass is 9.87. The Kier molecular flexibility index (Phi) is 5.28. The summed E-state index contributed by atoms with van der Waals surface area (Å²) in [5, 5.41) is 3.03. The summed E-state index contributed by atoms with van der Waals surface area (Å²) in [6, 6.07) is 14.2. The van der Waals surface area contributed by atoms with Gasteiger partial charge in [0.1, 0.15) is 5.65 Å². The van der Waals surface area contributed by atoms with E-state index in [1.54, 1.807) is 0 Å². The standard InChI is InChI=1S/C23H29N5O/c1-23(2,3)18-7-9-19(10-8-18)25-22(29)27-14-12-26(13-15-27)17-20-16-24-21-6-4-5-11-28(20)21/h4-11,16H,12-15,17H2,1-3H3,(H,25,29). The van der Waals surface area contributed by atoms with Crippen LogP contribution in [-0.2, 0) is 12.0 Å². The fourth-order valence-electron chi connectivity index (χ4n) is 3.70. The monoisotopic (exact) mass is 391 g/mol. The zero-order chi connectivity index (χ0) is 20.4. The Balaban J connectivity index is 1.30. The fraction of sp³-hybridized carbons (Fsp3) is 0.391. The van der Waals surface area contributed by atoms with Crippen molar-refractivity contribution in [2.75, 3.05) is 31.5 Å². The molecule has 0 saturated carbocycles. The molecule has 1 fully saturated rings. The zero-order valence-electron chi connectivity index (χ0n) is 17.4. The molecule has 0 atom stereocenters. The lowest BCUT2D eigenvalue weighted by molar-refractivity contribution is 0.142. The van der Waals surface area contributed by atoms with E-state index in [1.165, 1.54) is 11.3 Å². The molecule has 1 saturated heterocycles. The minimum absolute atomic E-state index is 0.0250. The number of anilines is 1. The lowest BCUT2D eigenvalue weighted by Gasteiger charge is -2.34. The van der Waals surface area contributed by atoms with Crippen LogP contribution < -0.4 is 5.32 Å². The summed E-state index contributed by atoms with van der Waals surface area (Å²) in [6.07, 6.45) is 3.99. The highest BCUT2D eigenvalue weighted by molar-refractivity contribution is 5.89. The van der Waals surface area contributed by atoms with E-state index in [2.05, 4.69) is 52.5 Å². The fourth-order valence-corrected chi connectivity index (χ4v) is 3.70. The molecule has 29 heavy (non-hydrogen) atoms. The zero-order valence-corrected chi connectivity index (χ0v) is 17.4. The van der Waals surface area contributed by atoms with Crippen LogP contribution in [0, 0.1) is 0 Å². The van der Waals surface area contributed by atoms with Crippen LogP contribution in [0.15, 0.2) is 54.9 Å². The number of piperazine rings is 1. The van der Waals surface area contributed by atoms with Crippen molar-refractivity contribution in [3.63, 3.8) is 0 Å². The first-order valence-electron chi connectivity index (χ1n) is 10.2. The van der Waals surface area contributed by atoms with Crippen molar-refractivity contribution in [2.24, 2.45) is 0 Å². The molecule has 0 radical (unpaired) electrons. The van der Waals surface area contributed by atoms with Crippen LogP contribution in [0.3, 0.4) is 0 Å². The summed E-state index contributed by atoms with van der Waals surface area (Å²) >= 11 is 0. The second kappa shape index (κ2) is 7.87. The molecule has 4 rings (SSSR count). The molecule has 3 heterocycles. The van der Waals surface area contributed by atoms with E-state index in [0.29, 0.717) is 0 Å². The third-order valence-electron chi connectivity index (χ3n) is 5.54. The smallest absolute Gasteiger partial charge is 0.321 e. The van der Waals surface area contributed by atoms with E-state index < -0.39 is 0 Å². The molecule has 0 aliphatic carbocycles. The predicted molar refractivity (Wildman–Crippen MR) is 116 cm³/mol. The maximum Gasteiger partial charge on any atom is 0.321 e. The normalized spacial score (nSPS) is 15.6. The molecule has 1 aliphatic rings. The van der Waals surface area contributed by atoms with Gasteiger partial charge in [0.25, 0.3) is 0 Å². The summed E-state index contributed by atoms with van der Waals surface area (Å²) in [5.41, 5.74) is 4.36. The third-order valence-corrected chi connectivity index (χ3v) is 5.54. The Labute approximate surface area is 172 Å². The number of benzene rings is 1. The highest BCUT2D eigenvalue weighted by Gasteiger charge is 2.22. The summed E-state index contributed by atoms with van der Waals surface area (Å²) in [6.45, 7) is 10.6. The number of rotatable bonds is 3. The minimum Gasteiger partial charge on any atom is -0.322 e. The van der Waals surface area contributed by atoms with Crippen LogP contribution in [0.2, 0.25) is 0 Å². The Bertz CT molecular complexity index is 978. The van der Waals surface area contributed by atoms with E-state index >= 15 is 0 Å². The molecular formula is C23H29N5O. The largest absolute Gasteiger partial charge is 0.322 e. The van der Waals surface area contributed by atoms with Gasteiger partial charge in [0.15, 0.2) is 0 Å². The maximum atomic E-state index is 12.6. The summed E-state index contributed by atoms with van der Waals surface area (Å²) in [7, 11) is 0. The average Bonchev–Trinajstić information content (AvgIpc) is 3.11. The molecule has 3 aromatic rings. The molecule has 0 spiro atoms. The molecule has 6 heteroatoms. The molecule has 1 aliphatic heterocycles. The first-order chi connectivity index (χ1) is 13.9. The van der Waals surface area contributed by atoms with E-state index in [-0.39, 0.29) is 11.4 Å². The van der Waals surface area contributed by atoms with Gasteiger partial charge >= 0.3 is 6.03 Å². The van der Waals surface area contributed by atoms with Crippen molar-refractivity contribution < 1.29 is 4.79 Å². The quantitative estimate of drug-likeness (QED) is 0.735. The van der Waals surface area contributed by atoms with Crippen molar-refractivity contribution in [3.8, 4) is 0 Å². The van der Waals surface area contributed by atoms with Gasteiger partial charge in [-0.25, -0.2) is 9.78 Å². The number of nitrogens with one attached hydrogen (secondary N) is 1. The first-order valence-corrected chi connectivity index (χ1v) is 10.2. The Morgan fingerprint density at radius 1 is 1.03 bits per heavy atom. The number of aromatic nitrogens is 2. The number of hydrogen-bond donors (Lipinski definition) is 1. The highest BCUT2D eigenvalue weighted by Crippen LogP contribution is 2.23. The molecule has 152 valence electrons. The predicted octanol–water partition coefficient (Wildman–Crippen LogP) is 3.98. The number of carbonyl (C=O) groups excluding carboxylic acids is 1. The Morgan fingerprint density at radius 2 is 1.76 bits per heavy atom. The lowest BCUT2D eigenvalue weighted by Crippen LogP contribution is -2.49. The van der Waals surface area contributed by atoms with Gasteiger partial charge in [0.05, 0.1) is 11.9 Å². The van der Waals surface area contributed by atoms with Gasteiger partial charge in [0.2, 0.25) is 0 Å². The number of nitrogens with zero attached hydrogens (tertiary/aromatic N) is 4. The van der Waals surface area contributed by atoms with Crippen LogP contribution in [0.1, 0.15) is 32.0 Å². The molecule has 0 bridgehead atoms. The van der Waals surface area contributed by atoms with Gasteiger partial charge in [0, 0.05) is 44.6 Å². The van der Waals surface area contributed by atoms with Crippen LogP contribution in [0.5, 0.6) is 0 Å². The van der Waals surface area contributed by atoms with E-state index in [9.17, 15) is 4.79 Å². The number of fused-ring (bicyclic) bond motifs is 1. The van der Waals surface area contributed by atoms with Crippen molar-refractivity contribution in [1.82, 2.24) is 19.2 Å². The number of urea groups is 1. The molecule has 1 aromatic carbocycles. The van der Waals surface area contributed by atoms with Gasteiger partial charge in [-0.2, -0.15) is 0 Å². The van der Waals surface area contributed by atoms with Gasteiger partial charge in [-0.3, -0.25) is 4.90 Å². The Hall–Kier alpha value is -2.86. The van der Waals surface area contributed by atoms with E-state index in [4.69, 9.17) is 0 Å². The highest BCUT2D eigenvalue weighted by atomic mass is 16.2. The molecule has 1 N–H and O–H groups in total. The first kappa shape index (κ1) is 19.5. The van der Waals surface area contributed by atoms with Crippen LogP contribution in [0.25, 0.3) is 5.65 Å². The van der Waals surface area contributed by atoms with Crippen LogP contribution >= 0.6 is 0 Å². The van der Waals surface area contributed by atoms with Crippen molar-refractivity contribution >= 4 is 17.4 Å². The second-order valence-electron chi connectivity index (χ2n) is 8.70. The van der Waals surface area contributed by atoms with E-state index in [0.717, 1.165) is 44.1 Å². The molecule has 6 nitrogen and oxygen atoms in total.